The normalized spacial score (nSPS) is 14.1. The monoisotopic (exact) mass is 399 g/mol. The molecule has 0 aliphatic carbocycles. The number of nitrogens with zero attached hydrogens (tertiary/aromatic N) is 1. The Morgan fingerprint density at radius 1 is 1.04 bits per heavy atom. The first kappa shape index (κ1) is 20.4. The van der Waals surface area contributed by atoms with Crippen LogP contribution in [0.15, 0.2) is 71.9 Å². The number of hydrogen-bond acceptors (Lipinski definition) is 5. The molecular formula is C21H25N3O3S. The molecule has 0 saturated heterocycles. The molecule has 28 heavy (non-hydrogen) atoms. The topological polar surface area (TPSA) is 80.3 Å². The summed E-state index contributed by atoms with van der Waals surface area (Å²) in [5, 5.41) is 5.03. The van der Waals surface area contributed by atoms with Crippen molar-refractivity contribution >= 4 is 20.8 Å². The van der Waals surface area contributed by atoms with E-state index in [1.54, 1.807) is 43.8 Å². The van der Waals surface area contributed by atoms with Gasteiger partial charge in [-0.3, -0.25) is 4.98 Å². The Morgan fingerprint density at radius 3 is 2.57 bits per heavy atom. The van der Waals surface area contributed by atoms with Gasteiger partial charge < -0.3 is 10.1 Å². The minimum atomic E-state index is -3.60. The molecule has 0 bridgehead atoms. The van der Waals surface area contributed by atoms with Crippen molar-refractivity contribution in [1.29, 1.82) is 0 Å². The molecule has 7 heteroatoms. The van der Waals surface area contributed by atoms with Crippen LogP contribution < -0.4 is 10.0 Å². The maximum Gasteiger partial charge on any atom is 0.240 e. The van der Waals surface area contributed by atoms with Gasteiger partial charge in [0.25, 0.3) is 0 Å². The molecule has 6 nitrogen and oxygen atoms in total. The lowest BCUT2D eigenvalue weighted by molar-refractivity contribution is 0.102. The number of benzene rings is 2. The third-order valence-corrected chi connectivity index (χ3v) is 6.10. The number of sulfonamides is 1. The lowest BCUT2D eigenvalue weighted by Crippen LogP contribution is -2.41. The van der Waals surface area contributed by atoms with Gasteiger partial charge in [-0.15, -0.1) is 0 Å². The molecule has 0 amide bonds. The summed E-state index contributed by atoms with van der Waals surface area (Å²) in [5.41, 5.74) is 1.08. The van der Waals surface area contributed by atoms with Gasteiger partial charge in [-0.2, -0.15) is 0 Å². The van der Waals surface area contributed by atoms with Crippen LogP contribution in [0.2, 0.25) is 0 Å². The number of fused-ring (bicyclic) bond motifs is 1. The van der Waals surface area contributed by atoms with Crippen LogP contribution >= 0.6 is 0 Å². The van der Waals surface area contributed by atoms with E-state index in [0.29, 0.717) is 13.1 Å². The maximum absolute atomic E-state index is 12.7. The minimum absolute atomic E-state index is 0.0842. The summed E-state index contributed by atoms with van der Waals surface area (Å²) in [4.78, 5) is 4.29. The van der Waals surface area contributed by atoms with Crippen LogP contribution in [-0.2, 0) is 14.8 Å². The number of ether oxygens (including phenoxy) is 1. The van der Waals surface area contributed by atoms with Gasteiger partial charge in [0.1, 0.15) is 0 Å². The van der Waals surface area contributed by atoms with Gasteiger partial charge in [-0.25, -0.2) is 13.1 Å². The van der Waals surface area contributed by atoms with Crippen molar-refractivity contribution in [3.63, 3.8) is 0 Å². The Balaban J connectivity index is 1.57. The Kier molecular flexibility index (Phi) is 6.74. The average Bonchev–Trinajstić information content (AvgIpc) is 2.71. The van der Waals surface area contributed by atoms with Crippen LogP contribution in [0.1, 0.15) is 18.6 Å². The molecule has 0 aliphatic rings. The van der Waals surface area contributed by atoms with Crippen LogP contribution in [0.4, 0.5) is 0 Å². The molecule has 0 saturated carbocycles. The van der Waals surface area contributed by atoms with Gasteiger partial charge in [0.2, 0.25) is 10.0 Å². The number of hydrogen-bond donors (Lipinski definition) is 2. The fraction of sp³-hybridized carbons (Fsp3) is 0.286. The summed E-state index contributed by atoms with van der Waals surface area (Å²) < 4.78 is 33.6. The largest absolute Gasteiger partial charge is 0.375 e. The number of methoxy groups -OCH3 is 1. The minimum Gasteiger partial charge on any atom is -0.375 e. The molecule has 3 aromatic rings. The predicted molar refractivity (Wildman–Crippen MR) is 111 cm³/mol. The smallest absolute Gasteiger partial charge is 0.240 e. The van der Waals surface area contributed by atoms with Gasteiger partial charge in [-0.1, -0.05) is 36.4 Å². The number of rotatable bonds is 9. The Hall–Kier alpha value is -2.32. The van der Waals surface area contributed by atoms with E-state index in [4.69, 9.17) is 4.74 Å². The molecule has 0 unspecified atom stereocenters. The van der Waals surface area contributed by atoms with Crippen molar-refractivity contribution in [3.05, 3.63) is 72.6 Å². The first-order chi connectivity index (χ1) is 13.5. The molecular weight excluding hydrogens is 374 g/mol. The first-order valence-corrected chi connectivity index (χ1v) is 10.6. The van der Waals surface area contributed by atoms with E-state index in [9.17, 15) is 8.42 Å². The summed E-state index contributed by atoms with van der Waals surface area (Å²) in [6.45, 7) is 2.92. The van der Waals surface area contributed by atoms with Gasteiger partial charge in [-0.05, 0) is 36.1 Å². The lowest BCUT2D eigenvalue weighted by atomic mass is 10.1. The zero-order valence-corrected chi connectivity index (χ0v) is 16.8. The molecule has 148 valence electrons. The van der Waals surface area contributed by atoms with Crippen LogP contribution in [0.3, 0.4) is 0 Å². The zero-order valence-electron chi connectivity index (χ0n) is 16.0. The van der Waals surface area contributed by atoms with Crippen molar-refractivity contribution < 1.29 is 13.2 Å². The highest BCUT2D eigenvalue weighted by atomic mass is 32.2. The molecule has 0 aliphatic heterocycles. The predicted octanol–water partition coefficient (Wildman–Crippen LogP) is 2.88. The van der Waals surface area contributed by atoms with Crippen molar-refractivity contribution in [2.24, 2.45) is 0 Å². The van der Waals surface area contributed by atoms with Gasteiger partial charge >= 0.3 is 0 Å². The third kappa shape index (κ3) is 5.14. The third-order valence-electron chi connectivity index (χ3n) is 4.51. The van der Waals surface area contributed by atoms with Crippen molar-refractivity contribution in [3.8, 4) is 0 Å². The average molecular weight is 400 g/mol. The molecule has 0 radical (unpaired) electrons. The Bertz CT molecular complexity index is 1010. The fourth-order valence-corrected chi connectivity index (χ4v) is 4.32. The van der Waals surface area contributed by atoms with Crippen molar-refractivity contribution in [2.45, 2.75) is 24.0 Å². The van der Waals surface area contributed by atoms with Crippen molar-refractivity contribution in [2.75, 3.05) is 20.2 Å². The zero-order chi connectivity index (χ0) is 20.0. The standard InChI is InChI=1S/C21H25N3O3S/c1-16(13-23-15-21(27-2)17-6-4-3-5-7-17)24-28(25,26)20-9-8-19-14-22-11-10-18(19)12-20/h3-12,14,16,21,23-24H,13,15H2,1-2H3/t16-,21-/m1/s1. The Labute approximate surface area is 166 Å². The summed E-state index contributed by atoms with van der Waals surface area (Å²) in [7, 11) is -1.93. The molecule has 1 heterocycles. The maximum atomic E-state index is 12.7. The van der Waals surface area contributed by atoms with Crippen LogP contribution in [0.25, 0.3) is 10.8 Å². The van der Waals surface area contributed by atoms with Gasteiger partial charge in [0.15, 0.2) is 0 Å². The summed E-state index contributed by atoms with van der Waals surface area (Å²) >= 11 is 0. The van der Waals surface area contributed by atoms with Crippen LogP contribution in [0.5, 0.6) is 0 Å². The SMILES string of the molecule is CO[C@H](CNC[C@@H](C)NS(=O)(=O)c1ccc2cnccc2c1)c1ccccc1. The second-order valence-electron chi connectivity index (χ2n) is 6.70. The van der Waals surface area contributed by atoms with Crippen molar-refractivity contribution in [1.82, 2.24) is 15.0 Å². The van der Waals surface area contributed by atoms with E-state index < -0.39 is 10.0 Å². The van der Waals surface area contributed by atoms with Crippen LogP contribution in [0, 0.1) is 0 Å². The molecule has 0 spiro atoms. The van der Waals surface area contributed by atoms with Gasteiger partial charge in [0.05, 0.1) is 11.0 Å². The van der Waals surface area contributed by atoms with E-state index in [1.807, 2.05) is 37.3 Å². The highest BCUT2D eigenvalue weighted by Crippen LogP contribution is 2.18. The number of pyridine rings is 1. The highest BCUT2D eigenvalue weighted by Gasteiger charge is 2.18. The van der Waals surface area contributed by atoms with E-state index in [0.717, 1.165) is 16.3 Å². The Morgan fingerprint density at radius 2 is 1.82 bits per heavy atom. The quantitative estimate of drug-likeness (QED) is 0.578. The van der Waals surface area contributed by atoms with Gasteiger partial charge in [0, 0.05) is 44.0 Å². The molecule has 2 N–H and O–H groups in total. The summed E-state index contributed by atoms with van der Waals surface area (Å²) in [5.74, 6) is 0. The van der Waals surface area contributed by atoms with E-state index >= 15 is 0 Å². The van der Waals surface area contributed by atoms with E-state index in [-0.39, 0.29) is 17.0 Å². The molecule has 2 atom stereocenters. The first-order valence-electron chi connectivity index (χ1n) is 9.14. The molecule has 1 aromatic heterocycles. The fourth-order valence-electron chi connectivity index (χ4n) is 3.04. The van der Waals surface area contributed by atoms with E-state index in [1.165, 1.54) is 0 Å². The van der Waals surface area contributed by atoms with Crippen LogP contribution in [-0.4, -0.2) is 39.6 Å². The summed E-state index contributed by atoms with van der Waals surface area (Å²) in [6, 6.07) is 16.5. The number of nitrogens with one attached hydrogen (secondary N) is 2. The van der Waals surface area contributed by atoms with E-state index in [2.05, 4.69) is 15.0 Å². The second kappa shape index (κ2) is 9.25. The molecule has 2 aromatic carbocycles. The molecule has 0 fully saturated rings. The number of aromatic nitrogens is 1. The second-order valence-corrected chi connectivity index (χ2v) is 8.41. The summed E-state index contributed by atoms with van der Waals surface area (Å²) in [6.07, 6.45) is 3.28. The molecule has 3 rings (SSSR count). The lowest BCUT2D eigenvalue weighted by Gasteiger charge is -2.19. The highest BCUT2D eigenvalue weighted by molar-refractivity contribution is 7.89.